The van der Waals surface area contributed by atoms with Gasteiger partial charge in [-0.15, -0.1) is 0 Å². The molecule has 2 amide bonds. The maximum Gasteiger partial charge on any atom is 0.339 e. The van der Waals surface area contributed by atoms with Gasteiger partial charge in [-0.1, -0.05) is 17.7 Å². The molecule has 0 saturated carbocycles. The van der Waals surface area contributed by atoms with Gasteiger partial charge in [0.2, 0.25) is 5.91 Å². The lowest BCUT2D eigenvalue weighted by Gasteiger charge is -2.35. The molecule has 0 spiro atoms. The van der Waals surface area contributed by atoms with Crippen molar-refractivity contribution in [2.45, 2.75) is 33.8 Å². The van der Waals surface area contributed by atoms with Gasteiger partial charge in [0.25, 0.3) is 5.91 Å². The Morgan fingerprint density at radius 3 is 2.21 bits per heavy atom. The van der Waals surface area contributed by atoms with Crippen LogP contribution >= 0.6 is 0 Å². The third kappa shape index (κ3) is 4.13. The average Bonchev–Trinajstić information content (AvgIpc) is 2.56. The third-order valence-electron chi connectivity index (χ3n) is 4.28. The smallest absolute Gasteiger partial charge is 0.339 e. The van der Waals surface area contributed by atoms with E-state index in [2.05, 4.69) is 0 Å². The normalized spacial score (nSPS) is 15.8. The van der Waals surface area contributed by atoms with Crippen LogP contribution in [0.2, 0.25) is 0 Å². The number of ether oxygens (including phenoxy) is 1. The molecule has 1 heterocycles. The lowest BCUT2D eigenvalue weighted by atomic mass is 10.1. The second kappa shape index (κ2) is 7.47. The summed E-state index contributed by atoms with van der Waals surface area (Å²) < 4.78 is 5.35. The van der Waals surface area contributed by atoms with Crippen molar-refractivity contribution in [1.82, 2.24) is 9.80 Å². The molecule has 0 N–H and O–H groups in total. The molecule has 0 unspecified atom stereocenters. The van der Waals surface area contributed by atoms with Crippen molar-refractivity contribution < 1.29 is 19.1 Å². The lowest BCUT2D eigenvalue weighted by molar-refractivity contribution is -0.144. The second-order valence-electron chi connectivity index (χ2n) is 6.20. The molecular formula is C18H24N2O4. The van der Waals surface area contributed by atoms with Gasteiger partial charge in [-0.3, -0.25) is 9.59 Å². The number of piperazine rings is 1. The van der Waals surface area contributed by atoms with Gasteiger partial charge in [0.05, 0.1) is 5.56 Å². The van der Waals surface area contributed by atoms with Crippen LogP contribution in [0.3, 0.4) is 0 Å². The summed E-state index contributed by atoms with van der Waals surface area (Å²) in [7, 11) is 0. The lowest BCUT2D eigenvalue weighted by Crippen LogP contribution is -2.52. The Hall–Kier alpha value is -2.37. The van der Waals surface area contributed by atoms with Crippen LogP contribution in [0.25, 0.3) is 0 Å². The van der Waals surface area contributed by atoms with Crippen molar-refractivity contribution in [3.63, 3.8) is 0 Å². The number of carbonyl (C=O) groups excluding carboxylic acids is 3. The molecule has 1 aliphatic heterocycles. The van der Waals surface area contributed by atoms with E-state index in [9.17, 15) is 14.4 Å². The van der Waals surface area contributed by atoms with Gasteiger partial charge >= 0.3 is 5.97 Å². The topological polar surface area (TPSA) is 66.9 Å². The zero-order valence-corrected chi connectivity index (χ0v) is 14.7. The predicted octanol–water partition coefficient (Wildman–Crippen LogP) is 1.54. The predicted molar refractivity (Wildman–Crippen MR) is 89.6 cm³/mol. The van der Waals surface area contributed by atoms with Gasteiger partial charge in [-0.25, -0.2) is 4.79 Å². The third-order valence-corrected chi connectivity index (χ3v) is 4.28. The minimum Gasteiger partial charge on any atom is -0.449 e. The fraction of sp³-hybridized carbons (Fsp3) is 0.500. The Kier molecular flexibility index (Phi) is 5.59. The Bertz CT molecular complexity index is 648. The molecule has 24 heavy (non-hydrogen) atoms. The Labute approximate surface area is 142 Å². The molecule has 1 atom stereocenters. The minimum atomic E-state index is -0.846. The van der Waals surface area contributed by atoms with Crippen LogP contribution in [-0.4, -0.2) is 59.9 Å². The monoisotopic (exact) mass is 332 g/mol. The van der Waals surface area contributed by atoms with Crippen molar-refractivity contribution in [2.75, 3.05) is 26.2 Å². The maximum absolute atomic E-state index is 12.4. The second-order valence-corrected chi connectivity index (χ2v) is 6.20. The quantitative estimate of drug-likeness (QED) is 0.788. The van der Waals surface area contributed by atoms with Crippen molar-refractivity contribution in [3.05, 3.63) is 34.9 Å². The van der Waals surface area contributed by atoms with E-state index in [4.69, 9.17) is 4.74 Å². The van der Waals surface area contributed by atoms with Gasteiger partial charge in [-0.2, -0.15) is 0 Å². The van der Waals surface area contributed by atoms with Gasteiger partial charge in [-0.05, 0) is 32.4 Å². The molecule has 0 bridgehead atoms. The zero-order chi connectivity index (χ0) is 17.9. The number of hydrogen-bond acceptors (Lipinski definition) is 4. The summed E-state index contributed by atoms with van der Waals surface area (Å²) in [6, 6.07) is 5.55. The number of amides is 2. The number of carbonyl (C=O) groups is 3. The van der Waals surface area contributed by atoms with Crippen LogP contribution in [0.4, 0.5) is 0 Å². The van der Waals surface area contributed by atoms with Gasteiger partial charge in [0.15, 0.2) is 6.10 Å². The van der Waals surface area contributed by atoms with E-state index in [1.54, 1.807) is 22.8 Å². The molecular weight excluding hydrogens is 308 g/mol. The summed E-state index contributed by atoms with van der Waals surface area (Å²) in [5.41, 5.74) is 2.27. The number of esters is 1. The Balaban J connectivity index is 1.95. The SMILES string of the molecule is CC(=O)N1CCN(C(=O)[C@H](C)OC(=O)c2cc(C)ccc2C)CC1. The molecule has 6 heteroatoms. The summed E-state index contributed by atoms with van der Waals surface area (Å²) in [6.45, 7) is 8.79. The number of aryl methyl sites for hydroxylation is 2. The molecule has 0 aliphatic carbocycles. The molecule has 1 aliphatic rings. The number of hydrogen-bond donors (Lipinski definition) is 0. The van der Waals surface area contributed by atoms with E-state index >= 15 is 0 Å². The summed E-state index contributed by atoms with van der Waals surface area (Å²) in [6.07, 6.45) is -0.846. The summed E-state index contributed by atoms with van der Waals surface area (Å²) in [4.78, 5) is 39.4. The first kappa shape index (κ1) is 18.0. The van der Waals surface area contributed by atoms with Crippen molar-refractivity contribution in [1.29, 1.82) is 0 Å². The number of nitrogens with zero attached hydrogens (tertiary/aromatic N) is 2. The van der Waals surface area contributed by atoms with Crippen molar-refractivity contribution in [2.24, 2.45) is 0 Å². The molecule has 1 aromatic rings. The molecule has 6 nitrogen and oxygen atoms in total. The molecule has 1 aromatic carbocycles. The fourth-order valence-electron chi connectivity index (χ4n) is 2.73. The van der Waals surface area contributed by atoms with E-state index < -0.39 is 12.1 Å². The van der Waals surface area contributed by atoms with Crippen LogP contribution in [-0.2, 0) is 14.3 Å². The maximum atomic E-state index is 12.4. The van der Waals surface area contributed by atoms with Crippen LogP contribution in [0, 0.1) is 13.8 Å². The molecule has 0 aromatic heterocycles. The fourth-order valence-corrected chi connectivity index (χ4v) is 2.73. The molecule has 1 fully saturated rings. The summed E-state index contributed by atoms with van der Waals surface area (Å²) in [5.74, 6) is -0.701. The first-order valence-electron chi connectivity index (χ1n) is 8.12. The number of rotatable bonds is 3. The van der Waals surface area contributed by atoms with E-state index in [0.717, 1.165) is 11.1 Å². The minimum absolute atomic E-state index is 0.0106. The van der Waals surface area contributed by atoms with Gasteiger partial charge < -0.3 is 14.5 Å². The zero-order valence-electron chi connectivity index (χ0n) is 14.7. The standard InChI is InChI=1S/C18H24N2O4/c1-12-5-6-13(2)16(11-12)18(23)24-14(3)17(22)20-9-7-19(8-10-20)15(4)21/h5-6,11,14H,7-10H2,1-4H3/t14-/m0/s1. The molecule has 0 radical (unpaired) electrons. The highest BCUT2D eigenvalue weighted by Crippen LogP contribution is 2.14. The van der Waals surface area contributed by atoms with Crippen LogP contribution in [0.1, 0.15) is 35.3 Å². The highest BCUT2D eigenvalue weighted by Gasteiger charge is 2.28. The largest absolute Gasteiger partial charge is 0.449 e. The highest BCUT2D eigenvalue weighted by molar-refractivity contribution is 5.93. The average molecular weight is 332 g/mol. The molecule has 1 saturated heterocycles. The van der Waals surface area contributed by atoms with Crippen LogP contribution in [0.15, 0.2) is 18.2 Å². The first-order valence-corrected chi connectivity index (χ1v) is 8.12. The highest BCUT2D eigenvalue weighted by atomic mass is 16.5. The van der Waals surface area contributed by atoms with Crippen molar-refractivity contribution in [3.8, 4) is 0 Å². The van der Waals surface area contributed by atoms with Gasteiger partial charge in [0.1, 0.15) is 0 Å². The molecule has 130 valence electrons. The van der Waals surface area contributed by atoms with Crippen LogP contribution in [0.5, 0.6) is 0 Å². The van der Waals surface area contributed by atoms with E-state index in [1.165, 1.54) is 6.92 Å². The van der Waals surface area contributed by atoms with E-state index in [-0.39, 0.29) is 11.8 Å². The number of benzene rings is 1. The van der Waals surface area contributed by atoms with Crippen LogP contribution < -0.4 is 0 Å². The van der Waals surface area contributed by atoms with Gasteiger partial charge in [0, 0.05) is 33.1 Å². The molecule has 2 rings (SSSR count). The Morgan fingerprint density at radius 1 is 1.04 bits per heavy atom. The first-order chi connectivity index (χ1) is 11.3. The summed E-state index contributed by atoms with van der Waals surface area (Å²) in [5, 5.41) is 0. The Morgan fingerprint density at radius 2 is 1.62 bits per heavy atom. The van der Waals surface area contributed by atoms with E-state index in [1.807, 2.05) is 26.0 Å². The summed E-state index contributed by atoms with van der Waals surface area (Å²) >= 11 is 0. The van der Waals surface area contributed by atoms with E-state index in [0.29, 0.717) is 31.7 Å². The van der Waals surface area contributed by atoms with Crippen molar-refractivity contribution >= 4 is 17.8 Å².